The molecule has 1 N–H and O–H groups in total. The molecule has 1 atom stereocenters. The summed E-state index contributed by atoms with van der Waals surface area (Å²) in [6, 6.07) is 14.3. The quantitative estimate of drug-likeness (QED) is 0.479. The van der Waals surface area contributed by atoms with E-state index in [2.05, 4.69) is 31.2 Å². The van der Waals surface area contributed by atoms with E-state index < -0.39 is 0 Å². The highest BCUT2D eigenvalue weighted by molar-refractivity contribution is 9.10. The molecule has 140 valence electrons. The summed E-state index contributed by atoms with van der Waals surface area (Å²) in [6.45, 7) is 1.92. The zero-order valence-corrected chi connectivity index (χ0v) is 17.1. The number of halogens is 2. The molecule has 8 heteroatoms. The summed E-state index contributed by atoms with van der Waals surface area (Å²) in [5.74, 6) is 1.17. The van der Waals surface area contributed by atoms with Crippen molar-refractivity contribution in [3.05, 3.63) is 86.7 Å². The fourth-order valence-corrected chi connectivity index (χ4v) is 3.60. The molecule has 2 heterocycles. The van der Waals surface area contributed by atoms with E-state index in [1.165, 1.54) is 6.33 Å². The van der Waals surface area contributed by atoms with Gasteiger partial charge in [0.1, 0.15) is 18.0 Å². The van der Waals surface area contributed by atoms with Crippen molar-refractivity contribution in [2.24, 2.45) is 0 Å². The Morgan fingerprint density at radius 3 is 2.68 bits per heavy atom. The summed E-state index contributed by atoms with van der Waals surface area (Å²) < 4.78 is 2.31. The van der Waals surface area contributed by atoms with Gasteiger partial charge in [-0.3, -0.25) is 9.36 Å². The molecule has 6 nitrogen and oxygen atoms in total. The van der Waals surface area contributed by atoms with Crippen LogP contribution in [-0.4, -0.2) is 19.5 Å². The van der Waals surface area contributed by atoms with E-state index >= 15 is 0 Å². The summed E-state index contributed by atoms with van der Waals surface area (Å²) in [5.41, 5.74) is 1.05. The van der Waals surface area contributed by atoms with Crippen molar-refractivity contribution in [1.82, 2.24) is 19.5 Å². The molecular formula is C20H15BrClN5O. The first kappa shape index (κ1) is 18.6. The van der Waals surface area contributed by atoms with Gasteiger partial charge in [0.2, 0.25) is 0 Å². The molecule has 2 aromatic heterocycles. The zero-order chi connectivity index (χ0) is 19.7. The molecule has 0 saturated carbocycles. The Bertz CT molecular complexity index is 1210. The van der Waals surface area contributed by atoms with Gasteiger partial charge in [-0.15, -0.1) is 0 Å². The van der Waals surface area contributed by atoms with Crippen LogP contribution in [0.2, 0.25) is 5.02 Å². The molecule has 0 fully saturated rings. The Balaban J connectivity index is 1.94. The number of nitrogens with one attached hydrogen (secondary N) is 1. The van der Waals surface area contributed by atoms with Crippen LogP contribution >= 0.6 is 27.5 Å². The van der Waals surface area contributed by atoms with Crippen LogP contribution in [0.5, 0.6) is 0 Å². The maximum Gasteiger partial charge on any atom is 0.267 e. The Labute approximate surface area is 174 Å². The molecule has 0 radical (unpaired) electrons. The monoisotopic (exact) mass is 455 g/mol. The highest BCUT2D eigenvalue weighted by Gasteiger charge is 2.20. The third-order valence-electron chi connectivity index (χ3n) is 4.30. The topological polar surface area (TPSA) is 72.7 Å². The smallest absolute Gasteiger partial charge is 0.267 e. The molecule has 4 rings (SSSR count). The fraction of sp³-hybridized carbons (Fsp3) is 0.100. The summed E-state index contributed by atoms with van der Waals surface area (Å²) in [7, 11) is 0. The average molecular weight is 457 g/mol. The second kappa shape index (κ2) is 7.69. The average Bonchev–Trinajstić information content (AvgIpc) is 2.70. The molecule has 28 heavy (non-hydrogen) atoms. The van der Waals surface area contributed by atoms with E-state index in [1.54, 1.807) is 29.0 Å². The van der Waals surface area contributed by atoms with Gasteiger partial charge in [-0.05, 0) is 47.1 Å². The van der Waals surface area contributed by atoms with Crippen molar-refractivity contribution >= 4 is 44.3 Å². The number of para-hydroxylation sites is 1. The molecule has 0 unspecified atom stereocenters. The highest BCUT2D eigenvalue weighted by atomic mass is 79.9. The molecule has 0 spiro atoms. The summed E-state index contributed by atoms with van der Waals surface area (Å²) >= 11 is 9.74. The van der Waals surface area contributed by atoms with Crippen molar-refractivity contribution < 1.29 is 0 Å². The van der Waals surface area contributed by atoms with Crippen LogP contribution in [0.1, 0.15) is 18.8 Å². The van der Waals surface area contributed by atoms with Gasteiger partial charge in [0, 0.05) is 6.20 Å². The number of hydrogen-bond donors (Lipinski definition) is 1. The van der Waals surface area contributed by atoms with Crippen LogP contribution in [-0.2, 0) is 0 Å². The molecule has 0 aliphatic heterocycles. The first-order chi connectivity index (χ1) is 13.6. The van der Waals surface area contributed by atoms with Gasteiger partial charge in [-0.25, -0.2) is 15.0 Å². The minimum atomic E-state index is -0.317. The van der Waals surface area contributed by atoms with Crippen molar-refractivity contribution in [1.29, 1.82) is 0 Å². The Hall–Kier alpha value is -2.77. The summed E-state index contributed by atoms with van der Waals surface area (Å²) in [4.78, 5) is 26.3. The van der Waals surface area contributed by atoms with E-state index in [-0.39, 0.29) is 11.6 Å². The molecular weight excluding hydrogens is 442 g/mol. The second-order valence-corrected chi connectivity index (χ2v) is 7.43. The van der Waals surface area contributed by atoms with Gasteiger partial charge >= 0.3 is 0 Å². The molecule has 0 aliphatic carbocycles. The van der Waals surface area contributed by atoms with Gasteiger partial charge in [0.05, 0.1) is 32.1 Å². The van der Waals surface area contributed by atoms with Gasteiger partial charge in [0.15, 0.2) is 0 Å². The summed E-state index contributed by atoms with van der Waals surface area (Å²) in [6.07, 6.45) is 3.11. The Morgan fingerprint density at radius 2 is 1.93 bits per heavy atom. The number of nitrogens with zero attached hydrogens (tertiary/aromatic N) is 4. The normalized spacial score (nSPS) is 12.1. The second-order valence-electron chi connectivity index (χ2n) is 6.17. The predicted molar refractivity (Wildman–Crippen MR) is 114 cm³/mol. The van der Waals surface area contributed by atoms with Crippen LogP contribution in [0.4, 0.5) is 5.82 Å². The lowest BCUT2D eigenvalue weighted by Crippen LogP contribution is -2.27. The lowest BCUT2D eigenvalue weighted by molar-refractivity contribution is 0.730. The maximum atomic E-state index is 13.4. The maximum absolute atomic E-state index is 13.4. The van der Waals surface area contributed by atoms with Gasteiger partial charge in [0.25, 0.3) is 5.56 Å². The molecule has 2 aromatic carbocycles. The Kier molecular flexibility index (Phi) is 5.11. The molecule has 4 aromatic rings. The number of fused-ring (bicyclic) bond motifs is 1. The molecule has 0 bridgehead atoms. The standard InChI is InChI=1S/C20H15BrClN5O/c1-12(25-18-14(21)10-23-11-24-18)19-26-16-9-5-8-15(22)17(16)20(28)27(19)13-6-3-2-4-7-13/h2-12H,1H3,(H,23,24,25)/t12-/m1/s1. The lowest BCUT2D eigenvalue weighted by atomic mass is 10.2. The number of hydrogen-bond acceptors (Lipinski definition) is 5. The number of anilines is 1. The highest BCUT2D eigenvalue weighted by Crippen LogP contribution is 2.26. The van der Waals surface area contributed by atoms with Gasteiger partial charge < -0.3 is 5.32 Å². The third-order valence-corrected chi connectivity index (χ3v) is 5.19. The van der Waals surface area contributed by atoms with Crippen molar-refractivity contribution in [2.45, 2.75) is 13.0 Å². The fourth-order valence-electron chi connectivity index (χ4n) is 3.01. The van der Waals surface area contributed by atoms with E-state index in [4.69, 9.17) is 16.6 Å². The van der Waals surface area contributed by atoms with Crippen LogP contribution in [0.15, 0.2) is 70.3 Å². The van der Waals surface area contributed by atoms with E-state index in [0.29, 0.717) is 33.3 Å². The lowest BCUT2D eigenvalue weighted by Gasteiger charge is -2.20. The van der Waals surface area contributed by atoms with E-state index in [1.807, 2.05) is 37.3 Å². The largest absolute Gasteiger partial charge is 0.359 e. The first-order valence-electron chi connectivity index (χ1n) is 8.55. The van der Waals surface area contributed by atoms with Crippen LogP contribution < -0.4 is 10.9 Å². The SMILES string of the molecule is C[C@@H](Nc1ncncc1Br)c1nc2cccc(Cl)c2c(=O)n1-c1ccccc1. The van der Waals surface area contributed by atoms with Crippen molar-refractivity contribution in [3.63, 3.8) is 0 Å². The Morgan fingerprint density at radius 1 is 1.14 bits per heavy atom. The number of aromatic nitrogens is 4. The van der Waals surface area contributed by atoms with E-state index in [9.17, 15) is 4.79 Å². The summed E-state index contributed by atoms with van der Waals surface area (Å²) in [5, 5.41) is 4.07. The third kappa shape index (κ3) is 3.39. The van der Waals surface area contributed by atoms with Crippen LogP contribution in [0, 0.1) is 0 Å². The number of rotatable bonds is 4. The first-order valence-corrected chi connectivity index (χ1v) is 9.72. The number of benzene rings is 2. The van der Waals surface area contributed by atoms with Crippen LogP contribution in [0.3, 0.4) is 0 Å². The minimum absolute atomic E-state index is 0.216. The minimum Gasteiger partial charge on any atom is -0.359 e. The van der Waals surface area contributed by atoms with Crippen molar-refractivity contribution in [2.75, 3.05) is 5.32 Å². The molecule has 0 saturated heterocycles. The van der Waals surface area contributed by atoms with Crippen molar-refractivity contribution in [3.8, 4) is 5.69 Å². The predicted octanol–water partition coefficient (Wildman–Crippen LogP) is 4.76. The zero-order valence-electron chi connectivity index (χ0n) is 14.8. The van der Waals surface area contributed by atoms with Crippen LogP contribution in [0.25, 0.3) is 16.6 Å². The van der Waals surface area contributed by atoms with E-state index in [0.717, 1.165) is 4.47 Å². The molecule has 0 aliphatic rings. The molecule has 0 amide bonds. The van der Waals surface area contributed by atoms with Gasteiger partial charge in [-0.1, -0.05) is 35.9 Å². The van der Waals surface area contributed by atoms with Gasteiger partial charge in [-0.2, -0.15) is 0 Å².